The third-order valence-electron chi connectivity index (χ3n) is 9.01. The fourth-order valence-electron chi connectivity index (χ4n) is 6.71. The number of hydrogen-bond acceptors (Lipinski definition) is 14. The maximum Gasteiger partial charge on any atom is 0.340 e. The Labute approximate surface area is 265 Å². The summed E-state index contributed by atoms with van der Waals surface area (Å²) in [6.07, 6.45) is 8.54. The minimum Gasteiger partial charge on any atom is -0.468 e. The van der Waals surface area contributed by atoms with Gasteiger partial charge in [0, 0.05) is 12.1 Å². The Kier molecular flexibility index (Phi) is 9.82. The molecule has 0 amide bonds. The van der Waals surface area contributed by atoms with Gasteiger partial charge in [-0.25, -0.2) is 9.59 Å². The summed E-state index contributed by atoms with van der Waals surface area (Å²) < 4.78 is 32.0. The highest BCUT2D eigenvalue weighted by Crippen LogP contribution is 2.46. The molecule has 2 atom stereocenters. The van der Waals surface area contributed by atoms with Gasteiger partial charge in [0.2, 0.25) is 23.3 Å². The highest BCUT2D eigenvalue weighted by atomic mass is 16.5. The molecule has 2 saturated carbocycles. The van der Waals surface area contributed by atoms with Crippen LogP contribution in [0, 0.1) is 11.8 Å². The van der Waals surface area contributed by atoms with Crippen LogP contribution in [0.2, 0.25) is 0 Å². The van der Waals surface area contributed by atoms with Crippen LogP contribution in [-0.2, 0) is 57.2 Å². The van der Waals surface area contributed by atoms with Gasteiger partial charge in [-0.05, 0) is 25.7 Å². The molecule has 0 saturated heterocycles. The zero-order chi connectivity index (χ0) is 33.1. The van der Waals surface area contributed by atoms with Gasteiger partial charge in [-0.3, -0.25) is 19.2 Å². The molecule has 3 aliphatic carbocycles. The van der Waals surface area contributed by atoms with Crippen molar-refractivity contribution in [2.45, 2.75) is 76.3 Å². The minimum absolute atomic E-state index is 0.170. The van der Waals surface area contributed by atoms with Crippen LogP contribution in [0.3, 0.4) is 0 Å². The molecule has 46 heavy (non-hydrogen) atoms. The number of rotatable bonds is 8. The molecule has 0 aromatic heterocycles. The van der Waals surface area contributed by atoms with Crippen molar-refractivity contribution in [3.63, 3.8) is 0 Å². The van der Waals surface area contributed by atoms with Gasteiger partial charge in [-0.15, -0.1) is 0 Å². The first-order valence-corrected chi connectivity index (χ1v) is 15.4. The third-order valence-corrected chi connectivity index (χ3v) is 9.01. The maximum atomic E-state index is 14.4. The molecule has 5 rings (SSSR count). The van der Waals surface area contributed by atoms with Gasteiger partial charge >= 0.3 is 23.9 Å². The molecule has 5 aliphatic rings. The first-order chi connectivity index (χ1) is 22.2. The summed E-state index contributed by atoms with van der Waals surface area (Å²) in [6, 6.07) is -0.340. The Morgan fingerprint density at radius 3 is 1.22 bits per heavy atom. The highest BCUT2D eigenvalue weighted by molar-refractivity contribution is 6.28. The number of carbonyl (C=O) groups is 6. The number of ether oxygens (including phenoxy) is 6. The predicted octanol–water partition coefficient (Wildman–Crippen LogP) is 1.90. The summed E-state index contributed by atoms with van der Waals surface area (Å²) in [7, 11) is 4.35. The number of nitrogens with one attached hydrogen (secondary N) is 2. The molecular formula is C32H38N2O12. The Bertz CT molecular complexity index is 1360. The fraction of sp³-hybridized carbons (Fsp3) is 0.562. The number of methoxy groups -OCH3 is 4. The van der Waals surface area contributed by atoms with Crippen LogP contribution in [0.1, 0.15) is 64.2 Å². The number of ketones is 2. The van der Waals surface area contributed by atoms with Gasteiger partial charge in [0.1, 0.15) is 23.0 Å². The highest BCUT2D eigenvalue weighted by Gasteiger charge is 2.56. The van der Waals surface area contributed by atoms with Crippen molar-refractivity contribution >= 4 is 35.4 Å². The SMILES string of the molecule is COC(=O)C1=C(NC2CCCCC2)OC2=C(C(=O)C3=C(C2=O)C(C(=O)OC)C(C(=O)OC)=C(NC2CCCCC2)O3)C1C(=O)OC. The van der Waals surface area contributed by atoms with Crippen molar-refractivity contribution in [2.24, 2.45) is 11.8 Å². The number of hydrogen-bond donors (Lipinski definition) is 2. The van der Waals surface area contributed by atoms with E-state index in [4.69, 9.17) is 28.4 Å². The van der Waals surface area contributed by atoms with E-state index in [1.807, 2.05) is 0 Å². The van der Waals surface area contributed by atoms with E-state index in [9.17, 15) is 28.8 Å². The molecule has 14 nitrogen and oxygen atoms in total. The molecule has 2 heterocycles. The normalized spacial score (nSPS) is 23.9. The van der Waals surface area contributed by atoms with E-state index in [-0.39, 0.29) is 35.0 Å². The molecule has 2 fully saturated rings. The smallest absolute Gasteiger partial charge is 0.340 e. The third kappa shape index (κ3) is 5.87. The average Bonchev–Trinajstić information content (AvgIpc) is 3.08. The van der Waals surface area contributed by atoms with Gasteiger partial charge in [-0.1, -0.05) is 38.5 Å². The van der Waals surface area contributed by atoms with Crippen LogP contribution in [0.25, 0.3) is 0 Å². The lowest BCUT2D eigenvalue weighted by Gasteiger charge is -2.37. The Hall–Kier alpha value is -4.62. The molecular weight excluding hydrogens is 604 g/mol. The van der Waals surface area contributed by atoms with Crippen molar-refractivity contribution in [1.82, 2.24) is 10.6 Å². The van der Waals surface area contributed by atoms with Crippen LogP contribution in [0.15, 0.2) is 45.6 Å². The molecule has 0 aromatic rings. The first-order valence-electron chi connectivity index (χ1n) is 15.4. The van der Waals surface area contributed by atoms with E-state index in [1.165, 1.54) is 0 Å². The molecule has 2 unspecified atom stereocenters. The zero-order valence-corrected chi connectivity index (χ0v) is 26.3. The van der Waals surface area contributed by atoms with Crippen molar-refractivity contribution in [3.8, 4) is 0 Å². The number of carbonyl (C=O) groups excluding carboxylic acids is 6. The van der Waals surface area contributed by atoms with Gasteiger partial charge < -0.3 is 39.1 Å². The second kappa shape index (κ2) is 13.8. The minimum atomic E-state index is -1.74. The summed E-state index contributed by atoms with van der Waals surface area (Å²) in [6.45, 7) is 0. The molecule has 0 aromatic carbocycles. The van der Waals surface area contributed by atoms with E-state index in [0.717, 1.165) is 92.6 Å². The lowest BCUT2D eigenvalue weighted by molar-refractivity contribution is -0.148. The standard InChI is InChI=1S/C32H38N2O12/c1-41-29(37)17-19-23(35)26-20(24(36)25(19)45-27(21(17)31(39)43-3)33-15-11-7-5-8-12-15)18(30(38)42-2)22(32(40)44-4)28(46-26)34-16-13-9-6-10-14-16/h15-18,33-34H,5-14H2,1-4H3. The summed E-state index contributed by atoms with van der Waals surface area (Å²) in [5, 5.41) is 6.25. The van der Waals surface area contributed by atoms with Crippen molar-refractivity contribution < 1.29 is 57.2 Å². The predicted molar refractivity (Wildman–Crippen MR) is 155 cm³/mol. The summed E-state index contributed by atoms with van der Waals surface area (Å²) in [5.41, 5.74) is -1.74. The van der Waals surface area contributed by atoms with Crippen LogP contribution in [0.5, 0.6) is 0 Å². The average molecular weight is 643 g/mol. The quantitative estimate of drug-likeness (QED) is 0.222. The molecule has 248 valence electrons. The number of allylic oxidation sites excluding steroid dienone is 2. The summed E-state index contributed by atoms with van der Waals surface area (Å²) in [5.74, 6) is -11.2. The van der Waals surface area contributed by atoms with Gasteiger partial charge in [0.15, 0.2) is 11.5 Å². The Morgan fingerprint density at radius 2 is 0.913 bits per heavy atom. The first kappa shape index (κ1) is 32.8. The second-order valence-electron chi connectivity index (χ2n) is 11.7. The number of Topliss-reactive ketones (excluding diaryl/α,β-unsaturated/α-hetero) is 2. The van der Waals surface area contributed by atoms with E-state index in [1.54, 1.807) is 0 Å². The van der Waals surface area contributed by atoms with Gasteiger partial charge in [0.25, 0.3) is 0 Å². The van der Waals surface area contributed by atoms with Crippen LogP contribution in [-0.4, -0.2) is 76.0 Å². The molecule has 0 radical (unpaired) electrons. The van der Waals surface area contributed by atoms with Crippen LogP contribution in [0.4, 0.5) is 0 Å². The summed E-state index contributed by atoms with van der Waals surface area (Å²) >= 11 is 0. The van der Waals surface area contributed by atoms with Crippen molar-refractivity contribution in [3.05, 3.63) is 45.6 Å². The van der Waals surface area contributed by atoms with E-state index in [0.29, 0.717) is 0 Å². The zero-order valence-electron chi connectivity index (χ0n) is 26.3. The second-order valence-corrected chi connectivity index (χ2v) is 11.7. The van der Waals surface area contributed by atoms with E-state index >= 15 is 0 Å². The maximum absolute atomic E-state index is 14.4. The van der Waals surface area contributed by atoms with Crippen LogP contribution < -0.4 is 10.6 Å². The molecule has 2 N–H and O–H groups in total. The van der Waals surface area contributed by atoms with Crippen molar-refractivity contribution in [2.75, 3.05) is 28.4 Å². The lowest BCUT2D eigenvalue weighted by atomic mass is 9.75. The lowest BCUT2D eigenvalue weighted by Crippen LogP contribution is -2.47. The van der Waals surface area contributed by atoms with Crippen molar-refractivity contribution in [1.29, 1.82) is 0 Å². The van der Waals surface area contributed by atoms with Gasteiger partial charge in [-0.2, -0.15) is 0 Å². The van der Waals surface area contributed by atoms with E-state index < -0.39 is 69.9 Å². The van der Waals surface area contributed by atoms with E-state index in [2.05, 4.69) is 10.6 Å². The van der Waals surface area contributed by atoms with Crippen LogP contribution >= 0.6 is 0 Å². The summed E-state index contributed by atoms with van der Waals surface area (Å²) in [4.78, 5) is 81.9. The molecule has 14 heteroatoms. The topological polar surface area (TPSA) is 182 Å². The number of esters is 4. The van der Waals surface area contributed by atoms with Gasteiger partial charge in [0.05, 0.1) is 39.6 Å². The largest absolute Gasteiger partial charge is 0.468 e. The Balaban J connectivity index is 1.64. The Morgan fingerprint density at radius 1 is 0.565 bits per heavy atom. The fourth-order valence-corrected chi connectivity index (χ4v) is 6.71. The monoisotopic (exact) mass is 642 g/mol. The molecule has 0 bridgehead atoms. The molecule has 0 spiro atoms. The molecule has 2 aliphatic heterocycles.